The molecule has 0 bridgehead atoms. The molecule has 0 N–H and O–H groups in total. The highest BCUT2D eigenvalue weighted by Gasteiger charge is 2.47. The number of hydrogen-bond acceptors (Lipinski definition) is 2. The summed E-state index contributed by atoms with van der Waals surface area (Å²) in [6, 6.07) is 0. The van der Waals surface area contributed by atoms with E-state index in [2.05, 4.69) is 11.3 Å². The van der Waals surface area contributed by atoms with Gasteiger partial charge in [0.05, 0.1) is 7.11 Å². The van der Waals surface area contributed by atoms with Crippen LogP contribution in [0.2, 0.25) is 0 Å². The van der Waals surface area contributed by atoms with Gasteiger partial charge in [0.25, 0.3) is 0 Å². The van der Waals surface area contributed by atoms with E-state index in [4.69, 9.17) is 23.2 Å². The first-order chi connectivity index (χ1) is 5.29. The van der Waals surface area contributed by atoms with Gasteiger partial charge >= 0.3 is 5.97 Å². The number of allylic oxidation sites excluding steroid dienone is 1. The molecule has 0 amide bonds. The van der Waals surface area contributed by atoms with E-state index in [9.17, 15) is 4.79 Å². The number of methoxy groups -OCH3 is 1. The number of ether oxygens (including phenoxy) is 1. The van der Waals surface area contributed by atoms with Crippen molar-refractivity contribution >= 4 is 29.2 Å². The highest BCUT2D eigenvalue weighted by Crippen LogP contribution is 2.42. The molecular weight excluding hydrogens is 199 g/mol. The maximum absolute atomic E-state index is 11.1. The maximum atomic E-state index is 11.1. The molecule has 0 aromatic heterocycles. The molecule has 2 nitrogen and oxygen atoms in total. The van der Waals surface area contributed by atoms with E-state index in [1.54, 1.807) is 13.8 Å². The fourth-order valence-corrected chi connectivity index (χ4v) is 0.828. The van der Waals surface area contributed by atoms with Gasteiger partial charge in [0.2, 0.25) is 4.33 Å². The topological polar surface area (TPSA) is 26.3 Å². The molecule has 4 heteroatoms. The van der Waals surface area contributed by atoms with Crippen LogP contribution >= 0.6 is 23.2 Å². The zero-order chi connectivity index (χ0) is 9.99. The molecule has 0 saturated heterocycles. The first-order valence-electron chi connectivity index (χ1n) is 3.39. The van der Waals surface area contributed by atoms with Crippen LogP contribution in [0.4, 0.5) is 0 Å². The molecule has 0 aliphatic rings. The van der Waals surface area contributed by atoms with Crippen LogP contribution in [0.5, 0.6) is 0 Å². The fraction of sp³-hybridized carbons (Fsp3) is 0.625. The fourth-order valence-electron chi connectivity index (χ4n) is 0.519. The van der Waals surface area contributed by atoms with Gasteiger partial charge in [-0.05, 0) is 0 Å². The number of halogens is 2. The van der Waals surface area contributed by atoms with Gasteiger partial charge in [-0.15, -0.1) is 6.58 Å². The minimum Gasteiger partial charge on any atom is -0.467 e. The summed E-state index contributed by atoms with van der Waals surface area (Å²) in [6.45, 7) is 6.95. The Morgan fingerprint density at radius 3 is 2.17 bits per heavy atom. The van der Waals surface area contributed by atoms with Crippen molar-refractivity contribution in [1.29, 1.82) is 0 Å². The molecule has 0 aliphatic heterocycles. The van der Waals surface area contributed by atoms with E-state index in [1.165, 1.54) is 13.2 Å². The molecule has 0 aromatic carbocycles. The summed E-state index contributed by atoms with van der Waals surface area (Å²) >= 11 is 11.6. The van der Waals surface area contributed by atoms with E-state index in [0.717, 1.165) is 0 Å². The maximum Gasteiger partial charge on any atom is 0.343 e. The zero-order valence-electron chi connectivity index (χ0n) is 7.36. The summed E-state index contributed by atoms with van der Waals surface area (Å²) in [7, 11) is 1.24. The lowest BCUT2D eigenvalue weighted by Gasteiger charge is -2.31. The second-order valence-corrected chi connectivity index (χ2v) is 4.32. The standard InChI is InChI=1S/C8H12Cl2O2/c1-5-7(2,3)8(9,10)6(11)12-4/h5H,1H2,2-4H3. The van der Waals surface area contributed by atoms with Crippen LogP contribution in [0.15, 0.2) is 12.7 Å². The number of carbonyl (C=O) groups excluding carboxylic acids is 1. The second-order valence-electron chi connectivity index (χ2n) is 2.99. The Morgan fingerprint density at radius 2 is 1.92 bits per heavy atom. The molecule has 0 rings (SSSR count). The Hall–Kier alpha value is -0.210. The molecule has 0 fully saturated rings. The summed E-state index contributed by atoms with van der Waals surface area (Å²) in [4.78, 5) is 11.1. The number of hydrogen-bond donors (Lipinski definition) is 0. The number of alkyl halides is 2. The van der Waals surface area contributed by atoms with Crippen LogP contribution in [-0.2, 0) is 9.53 Å². The lowest BCUT2D eigenvalue weighted by molar-refractivity contribution is -0.143. The second kappa shape index (κ2) is 3.67. The van der Waals surface area contributed by atoms with Gasteiger partial charge in [-0.3, -0.25) is 0 Å². The Balaban J connectivity index is 4.83. The van der Waals surface area contributed by atoms with Gasteiger partial charge in [-0.2, -0.15) is 0 Å². The van der Waals surface area contributed by atoms with Crippen molar-refractivity contribution < 1.29 is 9.53 Å². The molecular formula is C8H12Cl2O2. The molecule has 0 aromatic rings. The largest absolute Gasteiger partial charge is 0.467 e. The Labute approximate surface area is 82.5 Å². The monoisotopic (exact) mass is 210 g/mol. The van der Waals surface area contributed by atoms with Crippen LogP contribution in [-0.4, -0.2) is 17.4 Å². The predicted molar refractivity (Wildman–Crippen MR) is 50.4 cm³/mol. The van der Waals surface area contributed by atoms with Crippen molar-refractivity contribution in [3.8, 4) is 0 Å². The lowest BCUT2D eigenvalue weighted by Crippen LogP contribution is -2.41. The lowest BCUT2D eigenvalue weighted by atomic mass is 9.88. The van der Waals surface area contributed by atoms with Gasteiger partial charge in [0.15, 0.2) is 0 Å². The van der Waals surface area contributed by atoms with Gasteiger partial charge in [0, 0.05) is 5.41 Å². The molecule has 12 heavy (non-hydrogen) atoms. The Morgan fingerprint density at radius 1 is 1.50 bits per heavy atom. The Kier molecular flexibility index (Phi) is 3.60. The van der Waals surface area contributed by atoms with Crippen LogP contribution in [0, 0.1) is 5.41 Å². The normalized spacial score (nSPS) is 12.4. The summed E-state index contributed by atoms with van der Waals surface area (Å²) in [5.74, 6) is -0.671. The van der Waals surface area contributed by atoms with Crippen molar-refractivity contribution in [1.82, 2.24) is 0 Å². The van der Waals surface area contributed by atoms with E-state index >= 15 is 0 Å². The van der Waals surface area contributed by atoms with Crippen molar-refractivity contribution in [2.45, 2.75) is 18.2 Å². The van der Waals surface area contributed by atoms with Crippen LogP contribution in [0.3, 0.4) is 0 Å². The predicted octanol–water partition coefficient (Wildman–Crippen LogP) is 2.55. The van der Waals surface area contributed by atoms with Gasteiger partial charge < -0.3 is 4.74 Å². The van der Waals surface area contributed by atoms with Crippen molar-refractivity contribution in [2.75, 3.05) is 7.11 Å². The van der Waals surface area contributed by atoms with Crippen LogP contribution in [0.1, 0.15) is 13.8 Å². The molecule has 0 radical (unpaired) electrons. The third-order valence-corrected chi connectivity index (χ3v) is 3.04. The Bertz CT molecular complexity index is 197. The third kappa shape index (κ3) is 1.93. The molecule has 0 saturated carbocycles. The first kappa shape index (κ1) is 11.8. The van der Waals surface area contributed by atoms with E-state index in [0.29, 0.717) is 0 Å². The number of rotatable bonds is 3. The van der Waals surface area contributed by atoms with Gasteiger partial charge in [-0.1, -0.05) is 43.1 Å². The van der Waals surface area contributed by atoms with Gasteiger partial charge in [-0.25, -0.2) is 4.79 Å². The summed E-state index contributed by atoms with van der Waals surface area (Å²) < 4.78 is 2.87. The van der Waals surface area contributed by atoms with Crippen LogP contribution < -0.4 is 0 Å². The molecule has 0 aliphatic carbocycles. The quantitative estimate of drug-likeness (QED) is 0.407. The van der Waals surface area contributed by atoms with Gasteiger partial charge in [0.1, 0.15) is 0 Å². The van der Waals surface area contributed by atoms with E-state index < -0.39 is 15.7 Å². The summed E-state index contributed by atoms with van der Waals surface area (Å²) in [6.07, 6.45) is 1.52. The number of esters is 1. The zero-order valence-corrected chi connectivity index (χ0v) is 8.87. The highest BCUT2D eigenvalue weighted by molar-refractivity contribution is 6.58. The minimum atomic E-state index is -1.58. The SMILES string of the molecule is C=CC(C)(C)C(Cl)(Cl)C(=O)OC. The van der Waals surface area contributed by atoms with Crippen molar-refractivity contribution in [3.05, 3.63) is 12.7 Å². The van der Waals surface area contributed by atoms with E-state index in [-0.39, 0.29) is 0 Å². The number of carbonyl (C=O) groups is 1. The first-order valence-corrected chi connectivity index (χ1v) is 4.15. The summed E-state index contributed by atoms with van der Waals surface area (Å²) in [5.41, 5.74) is -0.719. The summed E-state index contributed by atoms with van der Waals surface area (Å²) in [5, 5.41) is 0. The van der Waals surface area contributed by atoms with Crippen molar-refractivity contribution in [3.63, 3.8) is 0 Å². The van der Waals surface area contributed by atoms with Crippen LogP contribution in [0.25, 0.3) is 0 Å². The smallest absolute Gasteiger partial charge is 0.343 e. The average molecular weight is 211 g/mol. The average Bonchev–Trinajstić information content (AvgIpc) is 2.02. The minimum absolute atomic E-state index is 0.671. The molecule has 70 valence electrons. The molecule has 0 unspecified atom stereocenters. The van der Waals surface area contributed by atoms with Crippen molar-refractivity contribution in [2.24, 2.45) is 5.41 Å². The molecule has 0 spiro atoms. The third-order valence-electron chi connectivity index (χ3n) is 1.76. The molecule has 0 heterocycles. The highest BCUT2D eigenvalue weighted by atomic mass is 35.5. The molecule has 0 atom stereocenters. The van der Waals surface area contributed by atoms with E-state index in [1.807, 2.05) is 0 Å².